The molecule has 0 spiro atoms. The maximum Gasteiger partial charge on any atom is 0.00597 e. The average Bonchev–Trinajstić information content (AvgIpc) is 2.66. The minimum Gasteiger partial charge on any atom is -0.0925 e. The molecule has 0 aromatic heterocycles. The van der Waals surface area contributed by atoms with E-state index in [-0.39, 0.29) is 0 Å². The second kappa shape index (κ2) is 23.3. The lowest BCUT2D eigenvalue weighted by atomic mass is 9.97. The first-order chi connectivity index (χ1) is 12.8. The molecule has 0 aliphatic rings. The molecule has 0 aromatic carbocycles. The predicted molar refractivity (Wildman–Crippen MR) is 125 cm³/mol. The van der Waals surface area contributed by atoms with Gasteiger partial charge in [-0.1, -0.05) is 132 Å². The predicted octanol–water partition coefficient (Wildman–Crippen LogP) is 10.0. The summed E-state index contributed by atoms with van der Waals surface area (Å²) in [5.41, 5.74) is 0. The van der Waals surface area contributed by atoms with Crippen molar-refractivity contribution < 1.29 is 0 Å². The lowest BCUT2D eigenvalue weighted by molar-refractivity contribution is 0.464. The lowest BCUT2D eigenvalue weighted by Crippen LogP contribution is -2.01. The average molecular weight is 430 g/mol. The molecule has 0 saturated carbocycles. The number of hydrogen-bond donors (Lipinski definition) is 0. The van der Waals surface area contributed by atoms with Gasteiger partial charge in [0, 0.05) is 5.33 Å². The van der Waals surface area contributed by atoms with E-state index < -0.39 is 0 Å². The first-order valence-corrected chi connectivity index (χ1v) is 13.2. The molecule has 26 heavy (non-hydrogen) atoms. The molecule has 0 fully saturated rings. The molecule has 1 unspecified atom stereocenters. The van der Waals surface area contributed by atoms with E-state index in [9.17, 15) is 0 Å². The van der Waals surface area contributed by atoms with Crippen molar-refractivity contribution >= 4 is 15.9 Å². The minimum absolute atomic E-state index is 0.887. The van der Waals surface area contributed by atoms with Gasteiger partial charge in [0.25, 0.3) is 0 Å². The van der Waals surface area contributed by atoms with Gasteiger partial charge in [0.1, 0.15) is 0 Å². The van der Waals surface area contributed by atoms with Gasteiger partial charge >= 0.3 is 0 Å². The van der Waals surface area contributed by atoms with Crippen LogP contribution in [0.25, 0.3) is 0 Å². The SMILES string of the molecule is CCCCC/C=C\CCC(CBr)CCCCCCCCCCCCCC. The molecule has 0 rings (SSSR count). The summed E-state index contributed by atoms with van der Waals surface area (Å²) in [6, 6.07) is 0. The van der Waals surface area contributed by atoms with Crippen molar-refractivity contribution in [2.24, 2.45) is 5.92 Å². The van der Waals surface area contributed by atoms with E-state index in [1.54, 1.807) is 0 Å². The van der Waals surface area contributed by atoms with Crippen molar-refractivity contribution in [2.45, 2.75) is 136 Å². The molecule has 0 aliphatic carbocycles. The van der Waals surface area contributed by atoms with Crippen molar-refractivity contribution in [1.82, 2.24) is 0 Å². The Balaban J connectivity index is 3.33. The van der Waals surface area contributed by atoms with Crippen molar-refractivity contribution in [3.05, 3.63) is 12.2 Å². The monoisotopic (exact) mass is 428 g/mol. The van der Waals surface area contributed by atoms with Gasteiger partial charge in [-0.25, -0.2) is 0 Å². The summed E-state index contributed by atoms with van der Waals surface area (Å²) in [4.78, 5) is 0. The van der Waals surface area contributed by atoms with Crippen LogP contribution in [-0.2, 0) is 0 Å². The maximum atomic E-state index is 3.73. The molecule has 0 heterocycles. The second-order valence-electron chi connectivity index (χ2n) is 8.24. The van der Waals surface area contributed by atoms with Crippen molar-refractivity contribution in [3.8, 4) is 0 Å². The molecule has 0 radical (unpaired) electrons. The summed E-state index contributed by atoms with van der Waals surface area (Å²) in [6.07, 6.45) is 31.7. The van der Waals surface area contributed by atoms with Crippen LogP contribution in [0.3, 0.4) is 0 Å². The first-order valence-electron chi connectivity index (χ1n) is 12.1. The number of hydrogen-bond acceptors (Lipinski definition) is 0. The molecule has 0 bridgehead atoms. The highest BCUT2D eigenvalue weighted by Gasteiger charge is 2.05. The van der Waals surface area contributed by atoms with E-state index in [0.717, 1.165) is 5.92 Å². The highest BCUT2D eigenvalue weighted by molar-refractivity contribution is 9.09. The van der Waals surface area contributed by atoms with Crippen LogP contribution in [0.5, 0.6) is 0 Å². The molecule has 0 saturated heterocycles. The number of halogens is 1. The van der Waals surface area contributed by atoms with Gasteiger partial charge in [-0.2, -0.15) is 0 Å². The Morgan fingerprint density at radius 3 is 1.54 bits per heavy atom. The Bertz CT molecular complexity index is 271. The standard InChI is InChI=1S/C25H49Br/c1-3-5-7-9-11-12-13-14-15-17-19-21-23-25(24-26)22-20-18-16-10-8-6-4-2/h16,18,25H,3-15,17,19-24H2,1-2H3/b18-16-. The van der Waals surface area contributed by atoms with Gasteiger partial charge in [0.05, 0.1) is 0 Å². The number of alkyl halides is 1. The smallest absolute Gasteiger partial charge is 0.00597 e. The molecule has 0 aliphatic heterocycles. The van der Waals surface area contributed by atoms with E-state index >= 15 is 0 Å². The largest absolute Gasteiger partial charge is 0.0925 e. The molecule has 156 valence electrons. The van der Waals surface area contributed by atoms with Crippen molar-refractivity contribution in [3.63, 3.8) is 0 Å². The quantitative estimate of drug-likeness (QED) is 0.0967. The van der Waals surface area contributed by atoms with Crippen LogP contribution in [0.1, 0.15) is 136 Å². The van der Waals surface area contributed by atoms with Crippen molar-refractivity contribution in [1.29, 1.82) is 0 Å². The maximum absolute atomic E-state index is 3.73. The molecule has 1 heteroatoms. The number of allylic oxidation sites excluding steroid dienone is 2. The third kappa shape index (κ3) is 20.5. The van der Waals surface area contributed by atoms with E-state index in [0.29, 0.717) is 0 Å². The summed E-state index contributed by atoms with van der Waals surface area (Å²) in [6.45, 7) is 4.58. The van der Waals surface area contributed by atoms with Crippen LogP contribution in [0.4, 0.5) is 0 Å². The molecular formula is C25H49Br. The van der Waals surface area contributed by atoms with Crippen LogP contribution >= 0.6 is 15.9 Å². The van der Waals surface area contributed by atoms with E-state index in [2.05, 4.69) is 41.9 Å². The number of rotatable bonds is 21. The summed E-state index contributed by atoms with van der Waals surface area (Å²) in [7, 11) is 0. The zero-order chi connectivity index (χ0) is 19.1. The summed E-state index contributed by atoms with van der Waals surface area (Å²) in [5.74, 6) is 0.887. The van der Waals surface area contributed by atoms with E-state index in [4.69, 9.17) is 0 Å². The molecule has 0 N–H and O–H groups in total. The zero-order valence-corrected chi connectivity index (χ0v) is 19.8. The minimum atomic E-state index is 0.887. The number of unbranched alkanes of at least 4 members (excludes halogenated alkanes) is 14. The van der Waals surface area contributed by atoms with Crippen molar-refractivity contribution in [2.75, 3.05) is 5.33 Å². The van der Waals surface area contributed by atoms with Gasteiger partial charge in [0.15, 0.2) is 0 Å². The van der Waals surface area contributed by atoms with Crippen LogP contribution in [0, 0.1) is 5.92 Å². The summed E-state index contributed by atoms with van der Waals surface area (Å²) >= 11 is 3.73. The summed E-state index contributed by atoms with van der Waals surface area (Å²) < 4.78 is 0. The Labute approximate surface area is 175 Å². The molecule has 1 atom stereocenters. The van der Waals surface area contributed by atoms with E-state index in [1.807, 2.05) is 0 Å². The third-order valence-corrected chi connectivity index (χ3v) is 6.48. The van der Waals surface area contributed by atoms with Gasteiger partial charge in [0.2, 0.25) is 0 Å². The summed E-state index contributed by atoms with van der Waals surface area (Å²) in [5, 5.41) is 1.19. The highest BCUT2D eigenvalue weighted by atomic mass is 79.9. The molecule has 0 amide bonds. The van der Waals surface area contributed by atoms with Crippen LogP contribution in [-0.4, -0.2) is 5.33 Å². The Kier molecular flexibility index (Phi) is 23.5. The van der Waals surface area contributed by atoms with Crippen LogP contribution < -0.4 is 0 Å². The first kappa shape index (κ1) is 26.2. The van der Waals surface area contributed by atoms with Gasteiger partial charge in [-0.05, 0) is 38.0 Å². The Morgan fingerprint density at radius 2 is 1.00 bits per heavy atom. The zero-order valence-electron chi connectivity index (χ0n) is 18.3. The fraction of sp³-hybridized carbons (Fsp3) is 0.920. The van der Waals surface area contributed by atoms with Crippen LogP contribution in [0.2, 0.25) is 0 Å². The molecule has 0 aromatic rings. The second-order valence-corrected chi connectivity index (χ2v) is 8.89. The third-order valence-electron chi connectivity index (χ3n) is 5.57. The van der Waals surface area contributed by atoms with Gasteiger partial charge in [-0.3, -0.25) is 0 Å². The highest BCUT2D eigenvalue weighted by Crippen LogP contribution is 2.20. The topological polar surface area (TPSA) is 0 Å². The van der Waals surface area contributed by atoms with E-state index in [1.165, 1.54) is 127 Å². The fourth-order valence-electron chi connectivity index (χ4n) is 3.65. The molecular weight excluding hydrogens is 380 g/mol. The molecule has 0 nitrogen and oxygen atoms in total. The normalized spacial score (nSPS) is 12.9. The van der Waals surface area contributed by atoms with Crippen LogP contribution in [0.15, 0.2) is 12.2 Å². The fourth-order valence-corrected chi connectivity index (χ4v) is 4.30. The van der Waals surface area contributed by atoms with Gasteiger partial charge in [-0.15, -0.1) is 0 Å². The van der Waals surface area contributed by atoms with Gasteiger partial charge < -0.3 is 0 Å². The Morgan fingerprint density at radius 1 is 0.538 bits per heavy atom. The Hall–Kier alpha value is 0.220. The lowest BCUT2D eigenvalue weighted by Gasteiger charge is -2.12.